The van der Waals surface area contributed by atoms with Crippen molar-refractivity contribution in [1.82, 2.24) is 5.32 Å². The highest BCUT2D eigenvalue weighted by Gasteiger charge is 2.38. The van der Waals surface area contributed by atoms with Gasteiger partial charge >= 0.3 is 5.97 Å². The number of carbonyl (C=O) groups is 2. The Morgan fingerprint density at radius 2 is 2.19 bits per heavy atom. The van der Waals surface area contributed by atoms with Crippen LogP contribution in [0, 0.1) is 0 Å². The van der Waals surface area contributed by atoms with Gasteiger partial charge in [0.05, 0.1) is 0 Å². The second-order valence-electron chi connectivity index (χ2n) is 5.31. The summed E-state index contributed by atoms with van der Waals surface area (Å²) in [7, 11) is 0. The summed E-state index contributed by atoms with van der Waals surface area (Å²) in [5.74, 6) is -1.11. The number of nitrogens with one attached hydrogen (secondary N) is 1. The molecule has 2 rings (SSSR count). The number of halogens is 1. The predicted octanol–water partition coefficient (Wildman–Crippen LogP) is 2.15. The summed E-state index contributed by atoms with van der Waals surface area (Å²) in [6, 6.07) is 5.33. The molecule has 1 saturated heterocycles. The number of hydrogen-bond acceptors (Lipinski definition) is 3. The fourth-order valence-corrected chi connectivity index (χ4v) is 2.63. The number of hydrogen-bond donors (Lipinski definition) is 2. The zero-order valence-electron chi connectivity index (χ0n) is 11.9. The predicted molar refractivity (Wildman–Crippen MR) is 82.6 cm³/mol. The highest BCUT2D eigenvalue weighted by molar-refractivity contribution is 6.32. The molecule has 6 heteroatoms. The van der Waals surface area contributed by atoms with Gasteiger partial charge in [0, 0.05) is 35.4 Å². The summed E-state index contributed by atoms with van der Waals surface area (Å²) < 4.78 is 0. The number of carbonyl (C=O) groups excluding carboxylic acids is 1. The largest absolute Gasteiger partial charge is 0.478 e. The molecule has 5 nitrogen and oxygen atoms in total. The normalized spacial score (nSPS) is 17.9. The van der Waals surface area contributed by atoms with E-state index in [0.29, 0.717) is 23.7 Å². The summed E-state index contributed by atoms with van der Waals surface area (Å²) in [5, 5.41) is 12.1. The van der Waals surface area contributed by atoms with E-state index in [9.17, 15) is 9.59 Å². The summed E-state index contributed by atoms with van der Waals surface area (Å²) in [6.07, 6.45) is 2.50. The van der Waals surface area contributed by atoms with E-state index in [4.69, 9.17) is 16.7 Å². The van der Waals surface area contributed by atoms with E-state index >= 15 is 0 Å². The SMILES string of the molecule is CC1(C)C(=O)NCCN1c1cccc(Cl)c1C=CC(=O)O. The lowest BCUT2D eigenvalue weighted by molar-refractivity contribution is -0.131. The Kier molecular flexibility index (Phi) is 4.23. The molecule has 1 aromatic rings. The first-order valence-electron chi connectivity index (χ1n) is 6.59. The molecule has 0 saturated carbocycles. The third-order valence-corrected chi connectivity index (χ3v) is 3.89. The standard InChI is InChI=1S/C15H17ClN2O3/c1-15(2)14(21)17-8-9-18(15)12-5-3-4-11(16)10(12)6-7-13(19)20/h3-7H,8-9H2,1-2H3,(H,17,21)(H,19,20). The molecule has 0 aliphatic carbocycles. The number of nitrogens with zero attached hydrogens (tertiary/aromatic N) is 1. The van der Waals surface area contributed by atoms with Crippen molar-refractivity contribution in [3.63, 3.8) is 0 Å². The van der Waals surface area contributed by atoms with Crippen molar-refractivity contribution in [3.05, 3.63) is 34.9 Å². The van der Waals surface area contributed by atoms with Gasteiger partial charge in [-0.3, -0.25) is 4.79 Å². The molecule has 0 unspecified atom stereocenters. The quantitative estimate of drug-likeness (QED) is 0.840. The smallest absolute Gasteiger partial charge is 0.328 e. The van der Waals surface area contributed by atoms with Crippen LogP contribution in [0.1, 0.15) is 19.4 Å². The van der Waals surface area contributed by atoms with E-state index in [1.54, 1.807) is 12.1 Å². The Hall–Kier alpha value is -2.01. The number of benzene rings is 1. The van der Waals surface area contributed by atoms with Crippen LogP contribution in [0.3, 0.4) is 0 Å². The Morgan fingerprint density at radius 3 is 2.86 bits per heavy atom. The molecule has 1 aliphatic heterocycles. The van der Waals surface area contributed by atoms with E-state index < -0.39 is 11.5 Å². The maximum atomic E-state index is 12.1. The van der Waals surface area contributed by atoms with Gasteiger partial charge in [0.15, 0.2) is 0 Å². The highest BCUT2D eigenvalue weighted by atomic mass is 35.5. The Balaban J connectivity index is 2.50. The number of amides is 1. The summed E-state index contributed by atoms with van der Waals surface area (Å²) in [5.41, 5.74) is 0.624. The zero-order valence-corrected chi connectivity index (χ0v) is 12.6. The van der Waals surface area contributed by atoms with Crippen molar-refractivity contribution in [1.29, 1.82) is 0 Å². The molecule has 112 valence electrons. The number of rotatable bonds is 3. The second kappa shape index (κ2) is 5.77. The van der Waals surface area contributed by atoms with E-state index in [1.807, 2.05) is 24.8 Å². The number of carboxylic acid groups (broad SMARTS) is 1. The molecule has 1 aromatic carbocycles. The molecule has 1 aliphatic rings. The summed E-state index contributed by atoms with van der Waals surface area (Å²) in [6.45, 7) is 4.82. The van der Waals surface area contributed by atoms with Gasteiger partial charge in [-0.2, -0.15) is 0 Å². The average Bonchev–Trinajstić information content (AvgIpc) is 2.40. The highest BCUT2D eigenvalue weighted by Crippen LogP contribution is 2.34. The monoisotopic (exact) mass is 308 g/mol. The lowest BCUT2D eigenvalue weighted by Crippen LogP contribution is -2.62. The molecule has 2 N–H and O–H groups in total. The molecule has 0 aromatic heterocycles. The van der Waals surface area contributed by atoms with Crippen LogP contribution in [0.15, 0.2) is 24.3 Å². The van der Waals surface area contributed by atoms with Gasteiger partial charge in [-0.1, -0.05) is 17.7 Å². The fraction of sp³-hybridized carbons (Fsp3) is 0.333. The van der Waals surface area contributed by atoms with Crippen molar-refractivity contribution in [2.45, 2.75) is 19.4 Å². The lowest BCUT2D eigenvalue weighted by atomic mass is 9.96. The van der Waals surface area contributed by atoms with Crippen LogP contribution >= 0.6 is 11.6 Å². The van der Waals surface area contributed by atoms with Gasteiger partial charge in [0.1, 0.15) is 5.54 Å². The minimum absolute atomic E-state index is 0.0677. The molecule has 1 amide bonds. The van der Waals surface area contributed by atoms with Crippen LogP contribution in [0.4, 0.5) is 5.69 Å². The van der Waals surface area contributed by atoms with Gasteiger partial charge in [-0.05, 0) is 32.1 Å². The first-order valence-corrected chi connectivity index (χ1v) is 6.97. The lowest BCUT2D eigenvalue weighted by Gasteiger charge is -2.43. The van der Waals surface area contributed by atoms with Crippen LogP contribution in [0.5, 0.6) is 0 Å². The van der Waals surface area contributed by atoms with Crippen molar-refractivity contribution < 1.29 is 14.7 Å². The maximum Gasteiger partial charge on any atom is 0.328 e. The zero-order chi connectivity index (χ0) is 15.6. The molecule has 0 atom stereocenters. The van der Waals surface area contributed by atoms with Crippen LogP contribution in [-0.2, 0) is 9.59 Å². The van der Waals surface area contributed by atoms with Crippen LogP contribution in [-0.4, -0.2) is 35.6 Å². The maximum absolute atomic E-state index is 12.1. The van der Waals surface area contributed by atoms with Gasteiger partial charge < -0.3 is 15.3 Å². The van der Waals surface area contributed by atoms with Crippen molar-refractivity contribution in [2.75, 3.05) is 18.0 Å². The van der Waals surface area contributed by atoms with Crippen molar-refractivity contribution in [3.8, 4) is 0 Å². The van der Waals surface area contributed by atoms with Gasteiger partial charge in [-0.25, -0.2) is 4.79 Å². The second-order valence-corrected chi connectivity index (χ2v) is 5.72. The molecule has 0 spiro atoms. The van der Waals surface area contributed by atoms with Crippen molar-refractivity contribution >= 4 is 35.2 Å². The Bertz CT molecular complexity index is 611. The first kappa shape index (κ1) is 15.4. The molecule has 0 radical (unpaired) electrons. The molecule has 21 heavy (non-hydrogen) atoms. The first-order chi connectivity index (χ1) is 9.84. The van der Waals surface area contributed by atoms with Gasteiger partial charge in [-0.15, -0.1) is 0 Å². The van der Waals surface area contributed by atoms with Crippen LogP contribution < -0.4 is 10.2 Å². The minimum Gasteiger partial charge on any atom is -0.478 e. The third kappa shape index (κ3) is 3.03. The number of piperazine rings is 1. The molecule has 0 bridgehead atoms. The van der Waals surface area contributed by atoms with E-state index in [0.717, 1.165) is 11.8 Å². The van der Waals surface area contributed by atoms with Crippen LogP contribution in [0.25, 0.3) is 6.08 Å². The Labute approximate surface area is 128 Å². The fourth-order valence-electron chi connectivity index (χ4n) is 2.40. The van der Waals surface area contributed by atoms with E-state index in [1.165, 1.54) is 6.08 Å². The molecule has 1 heterocycles. The minimum atomic E-state index is -1.04. The van der Waals surface area contributed by atoms with Crippen molar-refractivity contribution in [2.24, 2.45) is 0 Å². The Morgan fingerprint density at radius 1 is 1.48 bits per heavy atom. The van der Waals surface area contributed by atoms with Gasteiger partial charge in [0.25, 0.3) is 0 Å². The molecular formula is C15H17ClN2O3. The average molecular weight is 309 g/mol. The number of carboxylic acids is 1. The molecular weight excluding hydrogens is 292 g/mol. The number of aliphatic carboxylic acids is 1. The van der Waals surface area contributed by atoms with Gasteiger partial charge in [0.2, 0.25) is 5.91 Å². The topological polar surface area (TPSA) is 69.6 Å². The van der Waals surface area contributed by atoms with E-state index in [-0.39, 0.29) is 5.91 Å². The number of anilines is 1. The summed E-state index contributed by atoms with van der Waals surface area (Å²) >= 11 is 6.19. The van der Waals surface area contributed by atoms with Crippen LogP contribution in [0.2, 0.25) is 5.02 Å². The van der Waals surface area contributed by atoms with E-state index in [2.05, 4.69) is 5.32 Å². The summed E-state index contributed by atoms with van der Waals surface area (Å²) in [4.78, 5) is 24.8. The molecule has 1 fully saturated rings. The third-order valence-electron chi connectivity index (χ3n) is 3.56.